The van der Waals surface area contributed by atoms with Crippen LogP contribution in [0, 0.1) is 0 Å². The monoisotopic (exact) mass is 402 g/mol. The maximum absolute atomic E-state index is 12.2. The summed E-state index contributed by atoms with van der Waals surface area (Å²) in [5, 5.41) is 3.49. The van der Waals surface area contributed by atoms with E-state index in [1.165, 1.54) is 10.3 Å². The average Bonchev–Trinajstić information content (AvgIpc) is 3.00. The molecule has 0 radical (unpaired) electrons. The minimum atomic E-state index is -3.11. The van der Waals surface area contributed by atoms with Crippen molar-refractivity contribution in [2.45, 2.75) is 24.9 Å². The molecule has 0 aromatic heterocycles. The lowest BCUT2D eigenvalue weighted by Gasteiger charge is -2.33. The predicted octanol–water partition coefficient (Wildman–Crippen LogP) is 3.14. The number of cyclic esters (lactones) is 1. The van der Waals surface area contributed by atoms with Crippen LogP contribution in [0.25, 0.3) is 0 Å². The van der Waals surface area contributed by atoms with Crippen molar-refractivity contribution in [2.24, 2.45) is 0 Å². The van der Waals surface area contributed by atoms with Gasteiger partial charge in [-0.3, -0.25) is 18.8 Å². The van der Waals surface area contributed by atoms with Crippen LogP contribution in [0.5, 0.6) is 0 Å². The zero-order chi connectivity index (χ0) is 19.6. The van der Waals surface area contributed by atoms with Gasteiger partial charge in [-0.25, -0.2) is 4.79 Å². The van der Waals surface area contributed by atoms with Gasteiger partial charge in [0, 0.05) is 22.8 Å². The SMILES string of the molecule is O=C(NC[C@H]1CN(c2ccc(C3C=CS(O)(O)CC3)cc2)C(=O)O1)C(F)F. The van der Waals surface area contributed by atoms with E-state index in [9.17, 15) is 27.5 Å². The molecule has 2 atom stereocenters. The second-order valence-electron chi connectivity index (χ2n) is 6.40. The van der Waals surface area contributed by atoms with Gasteiger partial charge >= 0.3 is 12.5 Å². The minimum absolute atomic E-state index is 0.0711. The summed E-state index contributed by atoms with van der Waals surface area (Å²) < 4.78 is 48.7. The Kier molecular flexibility index (Phi) is 5.68. The molecule has 2 aliphatic rings. The molecule has 0 spiro atoms. The van der Waals surface area contributed by atoms with E-state index in [1.807, 2.05) is 17.4 Å². The third-order valence-electron chi connectivity index (χ3n) is 4.47. The molecule has 2 amide bonds. The van der Waals surface area contributed by atoms with Gasteiger partial charge in [0.15, 0.2) is 0 Å². The van der Waals surface area contributed by atoms with Crippen molar-refractivity contribution in [2.75, 3.05) is 23.7 Å². The standard InChI is InChI=1S/C17H20F2N2O5S/c18-15(19)16(22)20-9-14-10-21(17(23)26-14)13-3-1-11(2-4-13)12-5-7-27(24,25)8-6-12/h1-5,7,12,14-15,24-25H,6,8-10H2,(H,20,22)/t12?,14-/m0/s1. The van der Waals surface area contributed by atoms with Gasteiger partial charge < -0.3 is 10.1 Å². The van der Waals surface area contributed by atoms with Crippen LogP contribution in [0.2, 0.25) is 0 Å². The summed E-state index contributed by atoms with van der Waals surface area (Å²) in [7, 11) is -2.60. The number of anilines is 1. The van der Waals surface area contributed by atoms with Crippen LogP contribution in [0.3, 0.4) is 0 Å². The van der Waals surface area contributed by atoms with Crippen LogP contribution < -0.4 is 10.2 Å². The molecule has 1 saturated heterocycles. The van der Waals surface area contributed by atoms with Crippen LogP contribution in [0.4, 0.5) is 19.3 Å². The van der Waals surface area contributed by atoms with Gasteiger partial charge in [0.2, 0.25) is 0 Å². The van der Waals surface area contributed by atoms with Crippen LogP contribution in [0.15, 0.2) is 35.7 Å². The van der Waals surface area contributed by atoms with Crippen LogP contribution in [0.1, 0.15) is 17.9 Å². The van der Waals surface area contributed by atoms with Crippen molar-refractivity contribution in [3.8, 4) is 0 Å². The van der Waals surface area contributed by atoms with Gasteiger partial charge in [0.05, 0.1) is 13.1 Å². The maximum Gasteiger partial charge on any atom is 0.414 e. The fraction of sp³-hybridized carbons (Fsp3) is 0.412. The first-order chi connectivity index (χ1) is 12.7. The molecule has 3 rings (SSSR count). The molecule has 0 aliphatic carbocycles. The molecular formula is C17H20F2N2O5S. The number of alkyl halides is 2. The van der Waals surface area contributed by atoms with E-state index in [0.717, 1.165) is 5.56 Å². The summed E-state index contributed by atoms with van der Waals surface area (Å²) in [6.07, 6.45) is -2.02. The van der Waals surface area contributed by atoms with E-state index in [4.69, 9.17) is 4.74 Å². The third-order valence-corrected chi connectivity index (χ3v) is 5.90. The van der Waals surface area contributed by atoms with E-state index < -0.39 is 35.1 Å². The molecule has 2 aliphatic heterocycles. The fourth-order valence-electron chi connectivity index (χ4n) is 2.99. The largest absolute Gasteiger partial charge is 0.442 e. The summed E-state index contributed by atoms with van der Waals surface area (Å²) in [6.45, 7) is -0.0330. The fourth-order valence-corrected chi connectivity index (χ4v) is 4.17. The number of carbonyl (C=O) groups is 2. The highest BCUT2D eigenvalue weighted by Gasteiger charge is 2.33. The number of halogens is 2. The zero-order valence-electron chi connectivity index (χ0n) is 14.3. The Bertz CT molecular complexity index is 741. The van der Waals surface area contributed by atoms with Crippen LogP contribution in [-0.4, -0.2) is 52.5 Å². The van der Waals surface area contributed by atoms with Gasteiger partial charge in [-0.2, -0.15) is 19.4 Å². The van der Waals surface area contributed by atoms with Crippen molar-refractivity contribution in [3.05, 3.63) is 41.3 Å². The molecule has 10 heteroatoms. The lowest BCUT2D eigenvalue weighted by molar-refractivity contribution is -0.132. The summed E-state index contributed by atoms with van der Waals surface area (Å²) in [5.74, 6) is -1.01. The molecule has 3 N–H and O–H groups in total. The number of amides is 2. The number of rotatable bonds is 5. The second-order valence-corrected chi connectivity index (χ2v) is 8.51. The van der Waals surface area contributed by atoms with E-state index in [0.29, 0.717) is 17.9 Å². The Morgan fingerprint density at radius 1 is 1.33 bits per heavy atom. The van der Waals surface area contributed by atoms with Crippen molar-refractivity contribution in [1.82, 2.24) is 5.32 Å². The van der Waals surface area contributed by atoms with Crippen molar-refractivity contribution >= 4 is 28.3 Å². The maximum atomic E-state index is 12.2. The van der Waals surface area contributed by atoms with Crippen molar-refractivity contribution in [3.63, 3.8) is 0 Å². The number of ether oxygens (including phenoxy) is 1. The predicted molar refractivity (Wildman–Crippen MR) is 97.3 cm³/mol. The third kappa shape index (κ3) is 4.76. The highest BCUT2D eigenvalue weighted by Crippen LogP contribution is 2.47. The van der Waals surface area contributed by atoms with Gasteiger partial charge in [-0.15, -0.1) is 0 Å². The highest BCUT2D eigenvalue weighted by atomic mass is 32.3. The summed E-state index contributed by atoms with van der Waals surface area (Å²) >= 11 is 0. The number of hydrogen-bond donors (Lipinski definition) is 3. The number of hydrogen-bond acceptors (Lipinski definition) is 5. The smallest absolute Gasteiger partial charge is 0.414 e. The number of nitrogens with one attached hydrogen (secondary N) is 1. The molecule has 1 unspecified atom stereocenters. The Hall–Kier alpha value is -2.17. The first kappa shape index (κ1) is 19.6. The minimum Gasteiger partial charge on any atom is -0.442 e. The molecule has 0 saturated carbocycles. The first-order valence-corrected chi connectivity index (χ1v) is 10.1. The Morgan fingerprint density at radius 3 is 2.63 bits per heavy atom. The highest BCUT2D eigenvalue weighted by molar-refractivity contribution is 8.26. The zero-order valence-corrected chi connectivity index (χ0v) is 15.1. The number of carbonyl (C=O) groups excluding carboxylic acids is 2. The number of nitrogens with zero attached hydrogens (tertiary/aromatic N) is 1. The van der Waals surface area contributed by atoms with Crippen molar-refractivity contribution < 1.29 is 32.2 Å². The number of benzene rings is 1. The first-order valence-electron chi connectivity index (χ1n) is 8.33. The molecule has 1 aromatic rings. The topological polar surface area (TPSA) is 99.1 Å². The summed E-state index contributed by atoms with van der Waals surface area (Å²) in [6, 6.07) is 7.19. The lowest BCUT2D eigenvalue weighted by Crippen LogP contribution is -2.37. The quantitative estimate of drug-likeness (QED) is 0.703. The second kappa shape index (κ2) is 7.83. The molecule has 1 aromatic carbocycles. The van der Waals surface area contributed by atoms with E-state index in [1.54, 1.807) is 18.2 Å². The Labute approximate surface area is 156 Å². The Balaban J connectivity index is 1.60. The molecule has 0 bridgehead atoms. The van der Waals surface area contributed by atoms with E-state index in [-0.39, 0.29) is 19.0 Å². The lowest BCUT2D eigenvalue weighted by atomic mass is 9.96. The van der Waals surface area contributed by atoms with E-state index >= 15 is 0 Å². The van der Waals surface area contributed by atoms with Crippen LogP contribution in [-0.2, 0) is 9.53 Å². The van der Waals surface area contributed by atoms with Gasteiger partial charge in [0.25, 0.3) is 5.91 Å². The molecule has 7 nitrogen and oxygen atoms in total. The molecule has 148 valence electrons. The molecular weight excluding hydrogens is 382 g/mol. The van der Waals surface area contributed by atoms with Crippen LogP contribution >= 0.6 is 10.6 Å². The molecule has 27 heavy (non-hydrogen) atoms. The van der Waals surface area contributed by atoms with Crippen molar-refractivity contribution in [1.29, 1.82) is 0 Å². The van der Waals surface area contributed by atoms with Gasteiger partial charge in [0.1, 0.15) is 6.10 Å². The molecule has 1 fully saturated rings. The number of allylic oxidation sites excluding steroid dienone is 1. The summed E-state index contributed by atoms with van der Waals surface area (Å²) in [5.41, 5.74) is 1.58. The average molecular weight is 402 g/mol. The Morgan fingerprint density at radius 2 is 2.04 bits per heavy atom. The normalized spacial score (nSPS) is 25.4. The van der Waals surface area contributed by atoms with E-state index in [2.05, 4.69) is 0 Å². The van der Waals surface area contributed by atoms with Gasteiger partial charge in [-0.05, 0) is 24.1 Å². The molecule has 2 heterocycles. The summed E-state index contributed by atoms with van der Waals surface area (Å²) in [4.78, 5) is 24.3. The van der Waals surface area contributed by atoms with Gasteiger partial charge in [-0.1, -0.05) is 18.2 Å².